The highest BCUT2D eigenvalue weighted by Crippen LogP contribution is 2.66. The Hall–Kier alpha value is -2.67. The van der Waals surface area contributed by atoms with Gasteiger partial charge in [-0.15, -0.1) is 0 Å². The number of ether oxygens (including phenoxy) is 1. The summed E-state index contributed by atoms with van der Waals surface area (Å²) in [6.07, 6.45) is 6.73. The summed E-state index contributed by atoms with van der Waals surface area (Å²) in [6.45, 7) is 8.39. The summed E-state index contributed by atoms with van der Waals surface area (Å²) in [6, 6.07) is 10.3. The van der Waals surface area contributed by atoms with Gasteiger partial charge in [-0.1, -0.05) is 48.6 Å². The Kier molecular flexibility index (Phi) is 5.79. The van der Waals surface area contributed by atoms with Crippen molar-refractivity contribution in [2.24, 2.45) is 11.3 Å². The average Bonchev–Trinajstić information content (AvgIpc) is 3.28. The van der Waals surface area contributed by atoms with E-state index in [0.717, 1.165) is 49.3 Å². The molecular formula is C31H38N2O4. The number of nitrogens with zero attached hydrogens (tertiary/aromatic N) is 2. The largest absolute Gasteiger partial charge is 0.487 e. The molecule has 6 atom stereocenters. The van der Waals surface area contributed by atoms with Gasteiger partial charge in [0.05, 0.1) is 5.70 Å². The molecule has 2 N–H and O–H groups in total. The first kappa shape index (κ1) is 24.7. The lowest BCUT2D eigenvalue weighted by atomic mass is 9.51. The lowest BCUT2D eigenvalue weighted by Crippen LogP contribution is -2.62. The molecule has 2 bridgehead atoms. The fraction of sp³-hybridized carbons (Fsp3) is 0.516. The number of aliphatic hydroxyl groups excluding tert-OH is 1. The van der Waals surface area contributed by atoms with Crippen LogP contribution >= 0.6 is 0 Å². The molecule has 3 aliphatic carbocycles. The van der Waals surface area contributed by atoms with Crippen molar-refractivity contribution >= 4 is 11.5 Å². The Morgan fingerprint density at radius 1 is 1.19 bits per heavy atom. The van der Waals surface area contributed by atoms with Gasteiger partial charge in [0.25, 0.3) is 0 Å². The Bertz CT molecular complexity index is 1240. The van der Waals surface area contributed by atoms with E-state index < -0.39 is 23.2 Å². The van der Waals surface area contributed by atoms with E-state index >= 15 is 0 Å². The molecule has 5 aliphatic rings. The molecule has 196 valence electrons. The number of aliphatic hydroxyl groups is 2. The minimum Gasteiger partial charge on any atom is -0.487 e. The van der Waals surface area contributed by atoms with Crippen LogP contribution in [-0.4, -0.2) is 76.3 Å². The predicted molar refractivity (Wildman–Crippen MR) is 143 cm³/mol. The highest BCUT2D eigenvalue weighted by molar-refractivity contribution is 6.09. The first-order valence-corrected chi connectivity index (χ1v) is 13.7. The molecule has 0 aromatic heterocycles. The number of rotatable bonds is 6. The van der Waals surface area contributed by atoms with Gasteiger partial charge in [0.15, 0.2) is 11.4 Å². The molecule has 6 nitrogen and oxygen atoms in total. The van der Waals surface area contributed by atoms with E-state index in [1.165, 1.54) is 5.57 Å². The Morgan fingerprint density at radius 2 is 1.92 bits per heavy atom. The minimum atomic E-state index is -1.79. The number of ketones is 1. The van der Waals surface area contributed by atoms with Crippen LogP contribution in [-0.2, 0) is 9.53 Å². The zero-order valence-electron chi connectivity index (χ0n) is 22.3. The van der Waals surface area contributed by atoms with Crippen molar-refractivity contribution in [2.45, 2.75) is 63.9 Å². The van der Waals surface area contributed by atoms with Crippen LogP contribution in [0.4, 0.5) is 0 Å². The predicted octanol–water partition coefficient (Wildman–Crippen LogP) is 3.68. The maximum atomic E-state index is 14.4. The first-order chi connectivity index (χ1) is 17.8. The molecule has 37 heavy (non-hydrogen) atoms. The summed E-state index contributed by atoms with van der Waals surface area (Å²) in [5.74, 6) is 0.260. The topological polar surface area (TPSA) is 73.2 Å². The van der Waals surface area contributed by atoms with Crippen LogP contribution in [0.25, 0.3) is 5.70 Å². The Labute approximate surface area is 219 Å². The van der Waals surface area contributed by atoms with E-state index in [9.17, 15) is 15.0 Å². The smallest absolute Gasteiger partial charge is 0.200 e. The third-order valence-corrected chi connectivity index (χ3v) is 9.69. The molecule has 6 heteroatoms. The Balaban J connectivity index is 1.50. The van der Waals surface area contributed by atoms with Crippen LogP contribution in [0, 0.1) is 11.3 Å². The van der Waals surface area contributed by atoms with E-state index in [1.54, 1.807) is 0 Å². The summed E-state index contributed by atoms with van der Waals surface area (Å²) in [5.41, 5.74) is 2.32. The van der Waals surface area contributed by atoms with E-state index in [2.05, 4.69) is 42.8 Å². The lowest BCUT2D eigenvalue weighted by molar-refractivity contribution is -0.137. The van der Waals surface area contributed by atoms with Crippen molar-refractivity contribution in [3.8, 4) is 0 Å². The third kappa shape index (κ3) is 3.25. The molecule has 1 saturated heterocycles. The van der Waals surface area contributed by atoms with Gasteiger partial charge >= 0.3 is 0 Å². The number of likely N-dealkylation sites (tertiary alicyclic amines) is 1. The fourth-order valence-electron chi connectivity index (χ4n) is 7.88. The second-order valence-electron chi connectivity index (χ2n) is 11.3. The molecule has 0 amide bonds. The highest BCUT2D eigenvalue weighted by atomic mass is 16.5. The maximum Gasteiger partial charge on any atom is 0.200 e. The number of carbonyl (C=O) groups is 1. The first-order valence-electron chi connectivity index (χ1n) is 13.7. The van der Waals surface area contributed by atoms with Crippen LogP contribution in [0.15, 0.2) is 71.0 Å². The van der Waals surface area contributed by atoms with Crippen molar-refractivity contribution < 1.29 is 19.7 Å². The van der Waals surface area contributed by atoms with Gasteiger partial charge in [0.1, 0.15) is 18.0 Å². The van der Waals surface area contributed by atoms with Gasteiger partial charge in [-0.2, -0.15) is 0 Å². The summed E-state index contributed by atoms with van der Waals surface area (Å²) in [7, 11) is 2.17. The van der Waals surface area contributed by atoms with Crippen molar-refractivity contribution in [3.05, 3.63) is 76.6 Å². The maximum absolute atomic E-state index is 14.4. The molecule has 2 heterocycles. The third-order valence-electron chi connectivity index (χ3n) is 9.69. The molecule has 1 saturated carbocycles. The number of Topliss-reactive ketones (excluding diaryl/α,β-unsaturated/α-hetero) is 1. The lowest BCUT2D eigenvalue weighted by Gasteiger charge is -2.58. The van der Waals surface area contributed by atoms with E-state index in [0.29, 0.717) is 17.4 Å². The monoisotopic (exact) mass is 502 g/mol. The number of carbonyl (C=O) groups excluding carboxylic acids is 1. The van der Waals surface area contributed by atoms with Gasteiger partial charge in [0, 0.05) is 48.0 Å². The molecule has 1 spiro atoms. The summed E-state index contributed by atoms with van der Waals surface area (Å²) >= 11 is 0. The zero-order valence-corrected chi connectivity index (χ0v) is 22.3. The molecular weight excluding hydrogens is 464 g/mol. The SMILES string of the molecule is CCN(CC)C(=C(C)C(=O)C1(O)CC=C2C[C@@H]3[C@@H]4C=C[C@H](O)[C@@H]5OC1=C2[C@]45CCN3C)c1ccccc1. The van der Waals surface area contributed by atoms with Crippen LogP contribution < -0.4 is 0 Å². The Morgan fingerprint density at radius 3 is 2.62 bits per heavy atom. The molecule has 1 aromatic rings. The second-order valence-corrected chi connectivity index (χ2v) is 11.3. The highest BCUT2D eigenvalue weighted by Gasteiger charge is 2.68. The molecule has 2 fully saturated rings. The summed E-state index contributed by atoms with van der Waals surface area (Å²) in [5, 5.41) is 23.3. The molecule has 1 unspecified atom stereocenters. The minimum absolute atomic E-state index is 0.186. The molecule has 2 aliphatic heterocycles. The standard InChI is InChI=1S/C31H38N2O4/c1-5-33(6-2)26(20-10-8-7-9-11-20)19(3)27(35)31(36)15-14-21-18-23-22-12-13-24(34)28-30(22,16-17-32(23)4)25(21)29(31)37-28/h7-14,22-24,28,34,36H,5-6,15-18H2,1-4H3/t22-,23+,24-,28-,30-,31?/m0/s1. The second kappa shape index (κ2) is 8.69. The van der Waals surface area contributed by atoms with Crippen LogP contribution in [0.5, 0.6) is 0 Å². The van der Waals surface area contributed by atoms with E-state index in [-0.39, 0.29) is 18.1 Å². The fourth-order valence-corrected chi connectivity index (χ4v) is 7.88. The van der Waals surface area contributed by atoms with Gasteiger partial charge < -0.3 is 24.7 Å². The number of piperidine rings is 1. The summed E-state index contributed by atoms with van der Waals surface area (Å²) < 4.78 is 6.57. The average molecular weight is 503 g/mol. The van der Waals surface area contributed by atoms with Crippen molar-refractivity contribution in [1.82, 2.24) is 9.80 Å². The normalized spacial score (nSPS) is 36.4. The van der Waals surface area contributed by atoms with Crippen LogP contribution in [0.2, 0.25) is 0 Å². The zero-order chi connectivity index (χ0) is 26.1. The molecule has 1 aromatic carbocycles. The van der Waals surface area contributed by atoms with Crippen molar-refractivity contribution in [3.63, 3.8) is 0 Å². The number of hydrogen-bond donors (Lipinski definition) is 2. The number of hydrogen-bond acceptors (Lipinski definition) is 6. The van der Waals surface area contributed by atoms with E-state index in [1.807, 2.05) is 43.3 Å². The van der Waals surface area contributed by atoms with Gasteiger partial charge in [0.2, 0.25) is 0 Å². The van der Waals surface area contributed by atoms with Gasteiger partial charge in [-0.25, -0.2) is 0 Å². The van der Waals surface area contributed by atoms with E-state index in [4.69, 9.17) is 4.74 Å². The number of benzene rings is 1. The quantitative estimate of drug-likeness (QED) is 0.457. The van der Waals surface area contributed by atoms with Crippen LogP contribution in [0.3, 0.4) is 0 Å². The molecule has 6 rings (SSSR count). The molecule has 0 radical (unpaired) electrons. The van der Waals surface area contributed by atoms with Crippen LogP contribution in [0.1, 0.15) is 45.6 Å². The van der Waals surface area contributed by atoms with Crippen molar-refractivity contribution in [2.75, 3.05) is 26.7 Å². The van der Waals surface area contributed by atoms with Gasteiger partial charge in [-0.05, 0) is 58.3 Å². The van der Waals surface area contributed by atoms with Crippen molar-refractivity contribution in [1.29, 1.82) is 0 Å². The van der Waals surface area contributed by atoms with Gasteiger partial charge in [-0.3, -0.25) is 4.79 Å². The summed E-state index contributed by atoms with van der Waals surface area (Å²) in [4.78, 5) is 19.0.